The molecule has 25 heavy (non-hydrogen) atoms. The summed E-state index contributed by atoms with van der Waals surface area (Å²) in [6.45, 7) is 7.86. The highest BCUT2D eigenvalue weighted by Crippen LogP contribution is 2.53. The topological polar surface area (TPSA) is 84.5 Å². The zero-order valence-electron chi connectivity index (χ0n) is 15.1. The molecule has 9 heteroatoms. The van der Waals surface area contributed by atoms with Gasteiger partial charge >= 0.3 is 5.97 Å². The molecule has 0 aromatic rings. The molecule has 0 saturated carbocycles. The van der Waals surface area contributed by atoms with Crippen LogP contribution in [0.3, 0.4) is 0 Å². The molecule has 4 aliphatic rings. The van der Waals surface area contributed by atoms with Gasteiger partial charge in [0.1, 0.15) is 29.2 Å². The van der Waals surface area contributed by atoms with E-state index in [4.69, 9.17) is 28.4 Å². The molecule has 0 aromatic heterocycles. The number of fused-ring (bicyclic) bond motifs is 2. The van der Waals surface area contributed by atoms with Crippen molar-refractivity contribution in [3.8, 4) is 0 Å². The summed E-state index contributed by atoms with van der Waals surface area (Å²) < 4.78 is 34.9. The summed E-state index contributed by atoms with van der Waals surface area (Å²) >= 11 is 1.60. The van der Waals surface area contributed by atoms with Gasteiger partial charge in [0.25, 0.3) is 0 Å². The number of esters is 1. The minimum atomic E-state index is -0.745. The van der Waals surface area contributed by atoms with Crippen LogP contribution >= 0.6 is 11.8 Å². The maximum absolute atomic E-state index is 12.0. The molecule has 1 spiro atoms. The number of carbonyl (C=O) groups excluding carboxylic acids is 1. The SMILES string of the molecule is COC(=O)[C@H]1CS[C@@]2(N1)[C@@H]([C@H]1COC(C)(C)O1)O[C@@H]1OC(C)(C)O[C@@H]12. The molecule has 8 nitrogen and oxygen atoms in total. The average molecular weight is 375 g/mol. The van der Waals surface area contributed by atoms with Crippen LogP contribution < -0.4 is 5.32 Å². The first kappa shape index (κ1) is 18.0. The number of thioether (sulfide) groups is 1. The van der Waals surface area contributed by atoms with Crippen LogP contribution in [0.4, 0.5) is 0 Å². The molecule has 142 valence electrons. The quantitative estimate of drug-likeness (QED) is 0.697. The van der Waals surface area contributed by atoms with Gasteiger partial charge < -0.3 is 28.4 Å². The van der Waals surface area contributed by atoms with Crippen molar-refractivity contribution < 1.29 is 33.2 Å². The molecule has 0 unspecified atom stereocenters. The van der Waals surface area contributed by atoms with Crippen molar-refractivity contribution in [1.29, 1.82) is 0 Å². The van der Waals surface area contributed by atoms with E-state index in [9.17, 15) is 4.79 Å². The first-order valence-electron chi connectivity index (χ1n) is 8.48. The third kappa shape index (κ3) is 2.90. The lowest BCUT2D eigenvalue weighted by Crippen LogP contribution is -2.60. The smallest absolute Gasteiger partial charge is 0.323 e. The Morgan fingerprint density at radius 3 is 2.52 bits per heavy atom. The van der Waals surface area contributed by atoms with E-state index in [0.717, 1.165) is 0 Å². The Bertz CT molecular complexity index is 571. The van der Waals surface area contributed by atoms with Gasteiger partial charge in [0.15, 0.2) is 17.9 Å². The molecule has 0 aromatic carbocycles. The zero-order valence-corrected chi connectivity index (χ0v) is 15.9. The molecule has 6 atom stereocenters. The highest BCUT2D eigenvalue weighted by Gasteiger charge is 2.69. The summed E-state index contributed by atoms with van der Waals surface area (Å²) in [5, 5.41) is 3.40. The minimum absolute atomic E-state index is 0.285. The fraction of sp³-hybridized carbons (Fsp3) is 0.938. The summed E-state index contributed by atoms with van der Waals surface area (Å²) in [5.74, 6) is -1.14. The molecule has 4 saturated heterocycles. The fourth-order valence-electron chi connectivity index (χ4n) is 3.93. The zero-order chi connectivity index (χ0) is 18.0. The number of carbonyl (C=O) groups is 1. The van der Waals surface area contributed by atoms with Gasteiger partial charge in [-0.3, -0.25) is 10.1 Å². The summed E-state index contributed by atoms with van der Waals surface area (Å²) in [6, 6.07) is -0.428. The molecular weight excluding hydrogens is 350 g/mol. The van der Waals surface area contributed by atoms with Crippen LogP contribution in [0.1, 0.15) is 27.7 Å². The molecule has 1 N–H and O–H groups in total. The molecule has 4 fully saturated rings. The van der Waals surface area contributed by atoms with Crippen LogP contribution in [0.5, 0.6) is 0 Å². The first-order chi connectivity index (χ1) is 11.7. The number of hydrogen-bond acceptors (Lipinski definition) is 9. The monoisotopic (exact) mass is 375 g/mol. The maximum Gasteiger partial charge on any atom is 0.323 e. The second-order valence-corrected chi connectivity index (χ2v) is 8.97. The number of hydrogen-bond donors (Lipinski definition) is 1. The van der Waals surface area contributed by atoms with E-state index in [2.05, 4.69) is 5.32 Å². The van der Waals surface area contributed by atoms with Crippen molar-refractivity contribution in [2.45, 2.75) is 74.8 Å². The second-order valence-electron chi connectivity index (χ2n) is 7.67. The molecule has 0 amide bonds. The van der Waals surface area contributed by atoms with Crippen molar-refractivity contribution in [3.63, 3.8) is 0 Å². The normalized spacial score (nSPS) is 47.3. The Kier molecular flexibility index (Phi) is 4.16. The van der Waals surface area contributed by atoms with Crippen LogP contribution in [0.2, 0.25) is 0 Å². The van der Waals surface area contributed by atoms with E-state index >= 15 is 0 Å². The summed E-state index contributed by atoms with van der Waals surface area (Å²) in [4.78, 5) is 11.4. The molecule has 4 aliphatic heterocycles. The lowest BCUT2D eigenvalue weighted by molar-refractivity contribution is -0.225. The van der Waals surface area contributed by atoms with Gasteiger partial charge in [0.05, 0.1) is 13.7 Å². The molecule has 0 aliphatic carbocycles. The van der Waals surface area contributed by atoms with Crippen LogP contribution in [0.15, 0.2) is 0 Å². The lowest BCUT2D eigenvalue weighted by Gasteiger charge is -2.36. The van der Waals surface area contributed by atoms with E-state index in [1.54, 1.807) is 11.8 Å². The Morgan fingerprint density at radius 1 is 1.12 bits per heavy atom. The van der Waals surface area contributed by atoms with Crippen molar-refractivity contribution in [1.82, 2.24) is 5.32 Å². The van der Waals surface area contributed by atoms with Crippen molar-refractivity contribution in [3.05, 3.63) is 0 Å². The van der Waals surface area contributed by atoms with Gasteiger partial charge in [-0.05, 0) is 27.7 Å². The van der Waals surface area contributed by atoms with E-state index in [1.807, 2.05) is 27.7 Å². The summed E-state index contributed by atoms with van der Waals surface area (Å²) in [6.07, 6.45) is -1.55. The van der Waals surface area contributed by atoms with E-state index in [1.165, 1.54) is 7.11 Å². The number of methoxy groups -OCH3 is 1. The van der Waals surface area contributed by atoms with Crippen molar-refractivity contribution in [2.75, 3.05) is 19.5 Å². The molecule has 4 rings (SSSR count). The average Bonchev–Trinajstić information content (AvgIpc) is 3.24. The summed E-state index contributed by atoms with van der Waals surface area (Å²) in [7, 11) is 1.39. The third-order valence-corrected chi connectivity index (χ3v) is 6.49. The Balaban J connectivity index is 1.62. The van der Waals surface area contributed by atoms with Gasteiger partial charge in [-0.15, -0.1) is 11.8 Å². The van der Waals surface area contributed by atoms with Gasteiger partial charge in [-0.25, -0.2) is 0 Å². The standard InChI is InChI=1S/C16H25NO7S/c1-14(2)20-6-9(22-14)10-16(17-8(7-25-16)12(18)19-5)11-13(21-10)24-15(3,4)23-11/h8-11,13,17H,6-7H2,1-5H3/t8-,9-,10-,11+,13-,16+/m1/s1. The predicted octanol–water partition coefficient (Wildman–Crippen LogP) is 0.589. The fourth-order valence-corrected chi connectivity index (χ4v) is 5.51. The van der Waals surface area contributed by atoms with E-state index in [-0.39, 0.29) is 24.3 Å². The number of nitrogens with one attached hydrogen (secondary N) is 1. The van der Waals surface area contributed by atoms with E-state index in [0.29, 0.717) is 12.4 Å². The number of rotatable bonds is 2. The largest absolute Gasteiger partial charge is 0.468 e. The lowest BCUT2D eigenvalue weighted by atomic mass is 10.0. The minimum Gasteiger partial charge on any atom is -0.468 e. The van der Waals surface area contributed by atoms with E-state index < -0.39 is 28.8 Å². The molecule has 0 bridgehead atoms. The van der Waals surface area contributed by atoms with Gasteiger partial charge in [-0.1, -0.05) is 0 Å². The maximum atomic E-state index is 12.0. The predicted molar refractivity (Wildman–Crippen MR) is 87.7 cm³/mol. The first-order valence-corrected chi connectivity index (χ1v) is 9.47. The molecule has 0 radical (unpaired) electrons. The summed E-state index contributed by atoms with van der Waals surface area (Å²) in [5.41, 5.74) is 0. The number of ether oxygens (including phenoxy) is 6. The highest BCUT2D eigenvalue weighted by atomic mass is 32.2. The highest BCUT2D eigenvalue weighted by molar-refractivity contribution is 8.01. The van der Waals surface area contributed by atoms with Gasteiger partial charge in [0, 0.05) is 5.75 Å². The third-order valence-electron chi connectivity index (χ3n) is 4.93. The second kappa shape index (κ2) is 5.79. The molecular formula is C16H25NO7S. The molecule has 4 heterocycles. The van der Waals surface area contributed by atoms with Crippen molar-refractivity contribution in [2.24, 2.45) is 0 Å². The van der Waals surface area contributed by atoms with Gasteiger partial charge in [-0.2, -0.15) is 0 Å². The van der Waals surface area contributed by atoms with Gasteiger partial charge in [0.2, 0.25) is 0 Å². The van der Waals surface area contributed by atoms with Crippen LogP contribution in [-0.4, -0.2) is 72.5 Å². The van der Waals surface area contributed by atoms with Crippen LogP contribution in [-0.2, 0) is 33.2 Å². The Morgan fingerprint density at radius 2 is 1.88 bits per heavy atom. The van der Waals surface area contributed by atoms with Crippen LogP contribution in [0.25, 0.3) is 0 Å². The van der Waals surface area contributed by atoms with Crippen molar-refractivity contribution >= 4 is 17.7 Å². The Labute approximate surface area is 151 Å². The Hall–Kier alpha value is -0.420. The van der Waals surface area contributed by atoms with Crippen LogP contribution in [0, 0.1) is 0 Å².